The lowest BCUT2D eigenvalue weighted by Gasteiger charge is -2.33. The van der Waals surface area contributed by atoms with Crippen LogP contribution in [0.25, 0.3) is 0 Å². The van der Waals surface area contributed by atoms with Gasteiger partial charge in [-0.15, -0.1) is 0 Å². The zero-order valence-corrected chi connectivity index (χ0v) is 13.3. The minimum Gasteiger partial charge on any atom is -0.356 e. The minimum atomic E-state index is 0.315. The molecular formula is C18H25N3. The second kappa shape index (κ2) is 6.05. The van der Waals surface area contributed by atoms with Gasteiger partial charge >= 0.3 is 0 Å². The standard InChI is InChI=1S/C18H25N3/c1-13(2)17-16(12-19)14-8-4-5-9-15(14)18(20-17)21-10-6-3-7-11-21/h13H,3-11H2,1-2H3. The molecule has 1 aliphatic carbocycles. The summed E-state index contributed by atoms with van der Waals surface area (Å²) in [4.78, 5) is 7.46. The largest absolute Gasteiger partial charge is 0.356 e. The Kier molecular flexibility index (Phi) is 4.14. The number of anilines is 1. The molecule has 0 radical (unpaired) electrons. The third-order valence-electron chi connectivity index (χ3n) is 4.84. The molecule has 0 N–H and O–H groups in total. The molecule has 0 atom stereocenters. The molecule has 0 amide bonds. The molecule has 1 fully saturated rings. The van der Waals surface area contributed by atoms with E-state index in [9.17, 15) is 5.26 Å². The van der Waals surface area contributed by atoms with Crippen LogP contribution in [0.2, 0.25) is 0 Å². The van der Waals surface area contributed by atoms with E-state index in [1.165, 1.54) is 49.0 Å². The second-order valence-electron chi connectivity index (χ2n) is 6.67. The summed E-state index contributed by atoms with van der Waals surface area (Å²) in [6.45, 7) is 6.56. The van der Waals surface area contributed by atoms with Crippen molar-refractivity contribution in [2.45, 2.75) is 64.7 Å². The second-order valence-corrected chi connectivity index (χ2v) is 6.67. The van der Waals surface area contributed by atoms with Gasteiger partial charge in [0, 0.05) is 13.1 Å². The Morgan fingerprint density at radius 2 is 1.67 bits per heavy atom. The zero-order valence-electron chi connectivity index (χ0n) is 13.3. The van der Waals surface area contributed by atoms with E-state index in [-0.39, 0.29) is 0 Å². The Hall–Kier alpha value is -1.56. The fourth-order valence-corrected chi connectivity index (χ4v) is 3.73. The molecule has 0 aromatic carbocycles. The van der Waals surface area contributed by atoms with Gasteiger partial charge < -0.3 is 4.90 Å². The molecule has 1 aromatic rings. The Balaban J connectivity index is 2.14. The number of nitrogens with zero attached hydrogens (tertiary/aromatic N) is 3. The lowest BCUT2D eigenvalue weighted by atomic mass is 9.86. The molecular weight excluding hydrogens is 258 g/mol. The quantitative estimate of drug-likeness (QED) is 0.825. The number of rotatable bonds is 2. The third-order valence-corrected chi connectivity index (χ3v) is 4.84. The molecule has 2 heterocycles. The summed E-state index contributed by atoms with van der Waals surface area (Å²) in [5.74, 6) is 1.52. The van der Waals surface area contributed by atoms with Crippen LogP contribution < -0.4 is 4.90 Å². The SMILES string of the molecule is CC(C)c1nc(N2CCCCC2)c2c(c1C#N)CCCC2. The van der Waals surface area contributed by atoms with E-state index in [2.05, 4.69) is 24.8 Å². The molecule has 1 saturated heterocycles. The maximum absolute atomic E-state index is 9.62. The van der Waals surface area contributed by atoms with Gasteiger partial charge in [0.05, 0.1) is 11.3 Å². The molecule has 0 saturated carbocycles. The third kappa shape index (κ3) is 2.64. The van der Waals surface area contributed by atoms with Crippen LogP contribution in [0, 0.1) is 11.3 Å². The van der Waals surface area contributed by atoms with Gasteiger partial charge in [0.25, 0.3) is 0 Å². The normalized spacial score (nSPS) is 18.5. The topological polar surface area (TPSA) is 39.9 Å². The highest BCUT2D eigenvalue weighted by Crippen LogP contribution is 2.35. The van der Waals surface area contributed by atoms with Crippen molar-refractivity contribution in [2.75, 3.05) is 18.0 Å². The van der Waals surface area contributed by atoms with E-state index < -0.39 is 0 Å². The van der Waals surface area contributed by atoms with Crippen LogP contribution in [0.4, 0.5) is 5.82 Å². The molecule has 0 spiro atoms. The van der Waals surface area contributed by atoms with Crippen LogP contribution >= 0.6 is 0 Å². The van der Waals surface area contributed by atoms with Crippen molar-refractivity contribution in [2.24, 2.45) is 0 Å². The Morgan fingerprint density at radius 3 is 2.29 bits per heavy atom. The summed E-state index contributed by atoms with van der Waals surface area (Å²) >= 11 is 0. The molecule has 3 heteroatoms. The van der Waals surface area contributed by atoms with Gasteiger partial charge in [-0.1, -0.05) is 13.8 Å². The molecule has 112 valence electrons. The Bertz CT molecular complexity index is 563. The Labute approximate surface area is 128 Å². The minimum absolute atomic E-state index is 0.315. The van der Waals surface area contributed by atoms with Crippen molar-refractivity contribution in [1.29, 1.82) is 5.26 Å². The van der Waals surface area contributed by atoms with E-state index in [0.29, 0.717) is 5.92 Å². The smallest absolute Gasteiger partial charge is 0.132 e. The van der Waals surface area contributed by atoms with Crippen molar-refractivity contribution in [3.8, 4) is 6.07 Å². The highest BCUT2D eigenvalue weighted by molar-refractivity contribution is 5.59. The van der Waals surface area contributed by atoms with E-state index in [1.54, 1.807) is 0 Å². The first kappa shape index (κ1) is 14.4. The van der Waals surface area contributed by atoms with Crippen molar-refractivity contribution in [1.82, 2.24) is 4.98 Å². The highest BCUT2D eigenvalue weighted by Gasteiger charge is 2.26. The van der Waals surface area contributed by atoms with E-state index in [1.807, 2.05) is 0 Å². The summed E-state index contributed by atoms with van der Waals surface area (Å²) in [5, 5.41) is 9.62. The van der Waals surface area contributed by atoms with Gasteiger partial charge in [-0.25, -0.2) is 4.98 Å². The predicted octanol–water partition coefficient (Wildman–Crippen LogP) is 3.95. The summed E-state index contributed by atoms with van der Waals surface area (Å²) < 4.78 is 0. The predicted molar refractivity (Wildman–Crippen MR) is 85.7 cm³/mol. The van der Waals surface area contributed by atoms with Crippen molar-refractivity contribution in [3.05, 3.63) is 22.4 Å². The number of pyridine rings is 1. The van der Waals surface area contributed by atoms with Crippen molar-refractivity contribution < 1.29 is 0 Å². The van der Waals surface area contributed by atoms with E-state index in [0.717, 1.165) is 37.2 Å². The number of aromatic nitrogens is 1. The first-order valence-corrected chi connectivity index (χ1v) is 8.43. The highest BCUT2D eigenvalue weighted by atomic mass is 15.2. The van der Waals surface area contributed by atoms with Crippen LogP contribution in [-0.4, -0.2) is 18.1 Å². The van der Waals surface area contributed by atoms with Gasteiger partial charge in [0.15, 0.2) is 0 Å². The van der Waals surface area contributed by atoms with E-state index >= 15 is 0 Å². The molecule has 21 heavy (non-hydrogen) atoms. The number of hydrogen-bond acceptors (Lipinski definition) is 3. The van der Waals surface area contributed by atoms with Crippen molar-refractivity contribution >= 4 is 5.82 Å². The average Bonchev–Trinajstić information content (AvgIpc) is 2.54. The number of piperidine rings is 1. The first-order valence-electron chi connectivity index (χ1n) is 8.43. The summed E-state index contributed by atoms with van der Waals surface area (Å²) in [5.41, 5.74) is 4.58. The molecule has 3 nitrogen and oxygen atoms in total. The summed E-state index contributed by atoms with van der Waals surface area (Å²) in [6.07, 6.45) is 8.49. The molecule has 1 aromatic heterocycles. The maximum Gasteiger partial charge on any atom is 0.132 e. The molecule has 1 aliphatic heterocycles. The van der Waals surface area contributed by atoms with Crippen LogP contribution in [0.3, 0.4) is 0 Å². The van der Waals surface area contributed by atoms with Crippen molar-refractivity contribution in [3.63, 3.8) is 0 Å². The van der Waals surface area contributed by atoms with Gasteiger partial charge in [-0.3, -0.25) is 0 Å². The Morgan fingerprint density at radius 1 is 1.00 bits per heavy atom. The maximum atomic E-state index is 9.62. The average molecular weight is 283 g/mol. The number of hydrogen-bond donors (Lipinski definition) is 0. The molecule has 0 bridgehead atoms. The fraction of sp³-hybridized carbons (Fsp3) is 0.667. The van der Waals surface area contributed by atoms with Gasteiger partial charge in [0.1, 0.15) is 11.9 Å². The lowest BCUT2D eigenvalue weighted by Crippen LogP contribution is -2.32. The van der Waals surface area contributed by atoms with Crippen LogP contribution in [-0.2, 0) is 12.8 Å². The summed E-state index contributed by atoms with van der Waals surface area (Å²) in [6, 6.07) is 2.45. The van der Waals surface area contributed by atoms with Gasteiger partial charge in [-0.05, 0) is 62.0 Å². The van der Waals surface area contributed by atoms with Crippen LogP contribution in [0.5, 0.6) is 0 Å². The fourth-order valence-electron chi connectivity index (χ4n) is 3.73. The van der Waals surface area contributed by atoms with Crippen LogP contribution in [0.1, 0.15) is 74.3 Å². The number of nitriles is 1. The number of fused-ring (bicyclic) bond motifs is 1. The summed E-state index contributed by atoms with van der Waals surface area (Å²) in [7, 11) is 0. The first-order chi connectivity index (χ1) is 10.2. The monoisotopic (exact) mass is 283 g/mol. The van der Waals surface area contributed by atoms with Crippen LogP contribution in [0.15, 0.2) is 0 Å². The van der Waals surface area contributed by atoms with Gasteiger partial charge in [-0.2, -0.15) is 5.26 Å². The molecule has 2 aliphatic rings. The zero-order chi connectivity index (χ0) is 14.8. The van der Waals surface area contributed by atoms with Gasteiger partial charge in [0.2, 0.25) is 0 Å². The molecule has 3 rings (SSSR count). The molecule has 0 unspecified atom stereocenters. The van der Waals surface area contributed by atoms with E-state index in [4.69, 9.17) is 4.98 Å². The lowest BCUT2D eigenvalue weighted by molar-refractivity contribution is 0.565.